The molecule has 174 valence electrons. The van der Waals surface area contributed by atoms with Crippen molar-refractivity contribution in [3.63, 3.8) is 0 Å². The van der Waals surface area contributed by atoms with Gasteiger partial charge in [-0.2, -0.15) is 0 Å². The van der Waals surface area contributed by atoms with Gasteiger partial charge in [-0.15, -0.1) is 34.4 Å². The number of aromatic nitrogens is 1. The number of thiophene rings is 1. The number of amides is 2. The zero-order valence-electron chi connectivity index (χ0n) is 18.2. The molecule has 1 N–H and O–H groups in total. The third kappa shape index (κ3) is 4.66. The predicted molar refractivity (Wildman–Crippen MR) is 135 cm³/mol. The van der Waals surface area contributed by atoms with E-state index in [0.29, 0.717) is 19.5 Å². The van der Waals surface area contributed by atoms with E-state index in [4.69, 9.17) is 9.72 Å². The Bertz CT molecular complexity index is 1330. The Kier molecular flexibility index (Phi) is 6.53. The Morgan fingerprint density at radius 2 is 1.97 bits per heavy atom. The van der Waals surface area contributed by atoms with E-state index < -0.39 is 0 Å². The number of nitrogens with zero attached hydrogens (tertiary/aromatic N) is 2. The van der Waals surface area contributed by atoms with Gasteiger partial charge in [-0.3, -0.25) is 4.79 Å². The molecule has 0 saturated heterocycles. The third-order valence-corrected chi connectivity index (χ3v) is 8.63. The Morgan fingerprint density at radius 3 is 2.74 bits per heavy atom. The van der Waals surface area contributed by atoms with E-state index in [9.17, 15) is 14.0 Å². The lowest BCUT2D eigenvalue weighted by molar-refractivity contribution is -0.113. The fraction of sp³-hybridized carbons (Fsp3) is 0.208. The maximum absolute atomic E-state index is 13.1. The summed E-state index contributed by atoms with van der Waals surface area (Å²) < 4.78 is 19.1. The van der Waals surface area contributed by atoms with E-state index in [0.717, 1.165) is 41.1 Å². The number of rotatable bonds is 5. The SMILES string of the molecule is COC(=O)N1CCc2c(sc(NC(=O)CSc3ccc(F)cc3)c2-c2nc3ccccc3s2)C1. The monoisotopic (exact) mass is 513 g/mol. The highest BCUT2D eigenvalue weighted by atomic mass is 32.2. The molecule has 2 amide bonds. The van der Waals surface area contributed by atoms with Crippen LogP contribution in [0, 0.1) is 5.82 Å². The van der Waals surface area contributed by atoms with Crippen molar-refractivity contribution in [3.8, 4) is 10.6 Å². The summed E-state index contributed by atoms with van der Waals surface area (Å²) in [6.07, 6.45) is 0.300. The molecule has 0 unspecified atom stereocenters. The molecule has 0 radical (unpaired) electrons. The highest BCUT2D eigenvalue weighted by Gasteiger charge is 2.29. The summed E-state index contributed by atoms with van der Waals surface area (Å²) >= 11 is 4.41. The number of nitrogens with one attached hydrogen (secondary N) is 1. The summed E-state index contributed by atoms with van der Waals surface area (Å²) in [5.74, 6) is -0.263. The molecule has 3 heterocycles. The molecule has 0 spiro atoms. The Hall–Kier alpha value is -2.95. The van der Waals surface area contributed by atoms with E-state index in [-0.39, 0.29) is 23.6 Å². The minimum Gasteiger partial charge on any atom is -0.453 e. The Balaban J connectivity index is 1.44. The molecule has 2 aromatic carbocycles. The highest BCUT2D eigenvalue weighted by molar-refractivity contribution is 8.00. The van der Waals surface area contributed by atoms with Gasteiger partial charge in [0.2, 0.25) is 5.91 Å². The number of para-hydroxylation sites is 1. The van der Waals surface area contributed by atoms with Gasteiger partial charge in [0.15, 0.2) is 0 Å². The maximum atomic E-state index is 13.1. The van der Waals surface area contributed by atoms with Gasteiger partial charge in [-0.05, 0) is 48.4 Å². The molecular weight excluding hydrogens is 493 g/mol. The average molecular weight is 514 g/mol. The summed E-state index contributed by atoms with van der Waals surface area (Å²) in [5.41, 5.74) is 2.97. The number of benzene rings is 2. The first-order valence-electron chi connectivity index (χ1n) is 10.5. The predicted octanol–water partition coefficient (Wildman–Crippen LogP) is 6.02. The molecular formula is C24H20FN3O3S3. The standard InChI is InChI=1S/C24H20FN3O3S3/c1-31-24(30)28-11-10-16-19(12-28)34-23(21(16)22-26-17-4-2-3-5-18(17)33-22)27-20(29)13-32-15-8-6-14(25)7-9-15/h2-9H,10-13H2,1H3,(H,27,29). The molecule has 4 aromatic rings. The molecule has 1 aliphatic heterocycles. The van der Waals surface area contributed by atoms with Gasteiger partial charge in [0, 0.05) is 21.9 Å². The van der Waals surface area contributed by atoms with Gasteiger partial charge in [-0.1, -0.05) is 12.1 Å². The quantitative estimate of drug-likeness (QED) is 0.331. The van der Waals surface area contributed by atoms with Crippen molar-refractivity contribution < 1.29 is 18.7 Å². The normalized spacial score (nSPS) is 13.1. The molecule has 6 nitrogen and oxygen atoms in total. The minimum atomic E-state index is -0.359. The lowest BCUT2D eigenvalue weighted by atomic mass is 10.0. The van der Waals surface area contributed by atoms with Crippen LogP contribution in [-0.2, 0) is 22.5 Å². The molecule has 34 heavy (non-hydrogen) atoms. The van der Waals surface area contributed by atoms with Crippen LogP contribution in [0.3, 0.4) is 0 Å². The Morgan fingerprint density at radius 1 is 1.18 bits per heavy atom. The molecule has 0 bridgehead atoms. The number of carbonyl (C=O) groups excluding carboxylic acids is 2. The first kappa shape index (κ1) is 22.8. The minimum absolute atomic E-state index is 0.153. The van der Waals surface area contributed by atoms with E-state index in [1.54, 1.807) is 28.4 Å². The van der Waals surface area contributed by atoms with Gasteiger partial charge in [0.05, 0.1) is 29.6 Å². The number of hydrogen-bond acceptors (Lipinski definition) is 7. The van der Waals surface area contributed by atoms with E-state index in [1.165, 1.54) is 42.3 Å². The zero-order chi connectivity index (χ0) is 23.7. The van der Waals surface area contributed by atoms with Gasteiger partial charge < -0.3 is 15.0 Å². The summed E-state index contributed by atoms with van der Waals surface area (Å²) in [6.45, 7) is 0.979. The lowest BCUT2D eigenvalue weighted by Crippen LogP contribution is -2.35. The van der Waals surface area contributed by atoms with Gasteiger partial charge >= 0.3 is 6.09 Å². The number of anilines is 1. The van der Waals surface area contributed by atoms with E-state index in [2.05, 4.69) is 5.32 Å². The van der Waals surface area contributed by atoms with Crippen molar-refractivity contribution in [2.45, 2.75) is 17.9 Å². The van der Waals surface area contributed by atoms with Gasteiger partial charge in [0.1, 0.15) is 15.8 Å². The lowest BCUT2D eigenvalue weighted by Gasteiger charge is -2.25. The topological polar surface area (TPSA) is 71.5 Å². The maximum Gasteiger partial charge on any atom is 0.409 e. The number of methoxy groups -OCH3 is 1. The van der Waals surface area contributed by atoms with Crippen molar-refractivity contribution in [1.29, 1.82) is 0 Å². The molecule has 0 fully saturated rings. The zero-order valence-corrected chi connectivity index (χ0v) is 20.6. The van der Waals surface area contributed by atoms with Crippen molar-refractivity contribution in [2.75, 3.05) is 24.7 Å². The molecule has 2 aromatic heterocycles. The van der Waals surface area contributed by atoms with Crippen LogP contribution in [0.1, 0.15) is 10.4 Å². The van der Waals surface area contributed by atoms with Crippen LogP contribution in [0.2, 0.25) is 0 Å². The number of fused-ring (bicyclic) bond motifs is 2. The smallest absolute Gasteiger partial charge is 0.409 e. The van der Waals surface area contributed by atoms with Crippen LogP contribution in [0.5, 0.6) is 0 Å². The van der Waals surface area contributed by atoms with Crippen LogP contribution in [0.15, 0.2) is 53.4 Å². The van der Waals surface area contributed by atoms with Crippen LogP contribution in [0.4, 0.5) is 14.2 Å². The largest absolute Gasteiger partial charge is 0.453 e. The summed E-state index contributed by atoms with van der Waals surface area (Å²) in [4.78, 5) is 33.3. The van der Waals surface area contributed by atoms with Crippen LogP contribution in [-0.4, -0.2) is 41.3 Å². The second kappa shape index (κ2) is 9.73. The van der Waals surface area contributed by atoms with Crippen LogP contribution >= 0.6 is 34.4 Å². The van der Waals surface area contributed by atoms with Gasteiger partial charge in [-0.25, -0.2) is 14.2 Å². The van der Waals surface area contributed by atoms with Crippen molar-refractivity contribution in [3.05, 3.63) is 64.8 Å². The van der Waals surface area contributed by atoms with Crippen LogP contribution < -0.4 is 5.32 Å². The number of hydrogen-bond donors (Lipinski definition) is 1. The third-order valence-electron chi connectivity index (χ3n) is 5.43. The second-order valence-corrected chi connectivity index (χ2v) is 10.8. The molecule has 0 saturated carbocycles. The molecule has 10 heteroatoms. The molecule has 1 aliphatic rings. The average Bonchev–Trinajstić information content (AvgIpc) is 3.43. The van der Waals surface area contributed by atoms with E-state index >= 15 is 0 Å². The number of halogens is 1. The first-order chi connectivity index (χ1) is 16.5. The van der Waals surface area contributed by atoms with Gasteiger partial charge in [0.25, 0.3) is 0 Å². The number of thioether (sulfide) groups is 1. The fourth-order valence-electron chi connectivity index (χ4n) is 3.82. The van der Waals surface area contributed by atoms with Crippen molar-refractivity contribution >= 4 is 61.7 Å². The summed E-state index contributed by atoms with van der Waals surface area (Å²) in [7, 11) is 1.38. The second-order valence-electron chi connectivity index (χ2n) is 7.63. The fourth-order valence-corrected chi connectivity index (χ4v) is 6.91. The molecule has 5 rings (SSSR count). The number of ether oxygens (including phenoxy) is 1. The Labute approximate surface area is 207 Å². The summed E-state index contributed by atoms with van der Waals surface area (Å²) in [5, 5.41) is 4.66. The number of thiazole rings is 1. The van der Waals surface area contributed by atoms with Crippen molar-refractivity contribution in [2.24, 2.45) is 0 Å². The summed E-state index contributed by atoms with van der Waals surface area (Å²) in [6, 6.07) is 14.0. The van der Waals surface area contributed by atoms with Crippen molar-refractivity contribution in [1.82, 2.24) is 9.88 Å². The number of carbonyl (C=O) groups is 2. The first-order valence-corrected chi connectivity index (χ1v) is 13.2. The van der Waals surface area contributed by atoms with E-state index in [1.807, 2.05) is 24.3 Å². The van der Waals surface area contributed by atoms with Crippen LogP contribution in [0.25, 0.3) is 20.8 Å². The molecule has 0 aliphatic carbocycles. The molecule has 0 atom stereocenters. The highest BCUT2D eigenvalue weighted by Crippen LogP contribution is 2.45.